The summed E-state index contributed by atoms with van der Waals surface area (Å²) in [6.07, 6.45) is 0.837. The number of benzene rings is 1. The van der Waals surface area contributed by atoms with Crippen LogP contribution < -0.4 is 0 Å². The smallest absolute Gasteiger partial charge is 0.220 e. The Labute approximate surface area is 155 Å². The first-order chi connectivity index (χ1) is 12.1. The molecule has 1 atom stereocenters. The Morgan fingerprint density at radius 1 is 1.20 bits per heavy atom. The predicted octanol–water partition coefficient (Wildman–Crippen LogP) is 3.90. The maximum Gasteiger partial charge on any atom is 0.220 e. The van der Waals surface area contributed by atoms with Crippen LogP contribution in [0.2, 0.25) is 0 Å². The van der Waals surface area contributed by atoms with E-state index in [1.165, 1.54) is 4.88 Å². The summed E-state index contributed by atoms with van der Waals surface area (Å²) in [6, 6.07) is 11.5. The first-order valence-electron chi connectivity index (χ1n) is 8.09. The van der Waals surface area contributed by atoms with Crippen molar-refractivity contribution in [3.8, 4) is 0 Å². The number of sulfonamides is 1. The van der Waals surface area contributed by atoms with Gasteiger partial charge in [0, 0.05) is 34.4 Å². The molecular weight excluding hydrogens is 376 g/mol. The van der Waals surface area contributed by atoms with Gasteiger partial charge in [-0.25, -0.2) is 12.7 Å². The fraction of sp³-hybridized carbons (Fsp3) is 0.353. The molecule has 25 heavy (non-hydrogen) atoms. The fourth-order valence-electron chi connectivity index (χ4n) is 3.04. The SMILES string of the molecule is O=S(=O)(Cc1noc2ccccc12)N1CCSC(c2cccs2)CC1. The van der Waals surface area contributed by atoms with Gasteiger partial charge in [0.25, 0.3) is 0 Å². The summed E-state index contributed by atoms with van der Waals surface area (Å²) in [7, 11) is -3.41. The van der Waals surface area contributed by atoms with Crippen molar-refractivity contribution in [3.63, 3.8) is 0 Å². The fourth-order valence-corrected chi connectivity index (χ4v) is 6.88. The highest BCUT2D eigenvalue weighted by Gasteiger charge is 2.29. The summed E-state index contributed by atoms with van der Waals surface area (Å²) in [6.45, 7) is 1.10. The number of para-hydroxylation sites is 1. The Morgan fingerprint density at radius 2 is 2.08 bits per heavy atom. The van der Waals surface area contributed by atoms with Crippen LogP contribution in [-0.4, -0.2) is 36.7 Å². The highest BCUT2D eigenvalue weighted by Crippen LogP contribution is 2.37. The van der Waals surface area contributed by atoms with Crippen LogP contribution in [0, 0.1) is 0 Å². The van der Waals surface area contributed by atoms with Crippen LogP contribution in [0.4, 0.5) is 0 Å². The number of fused-ring (bicyclic) bond motifs is 1. The Morgan fingerprint density at radius 3 is 2.92 bits per heavy atom. The van der Waals surface area contributed by atoms with Gasteiger partial charge in [-0.2, -0.15) is 11.8 Å². The number of hydrogen-bond donors (Lipinski definition) is 0. The van der Waals surface area contributed by atoms with E-state index < -0.39 is 10.0 Å². The molecule has 0 spiro atoms. The first-order valence-corrected chi connectivity index (χ1v) is 11.6. The van der Waals surface area contributed by atoms with Crippen molar-refractivity contribution in [1.29, 1.82) is 0 Å². The standard InChI is InChI=1S/C17H18N2O3S3/c20-25(21,12-14-13-4-1-2-5-15(13)22-18-14)19-8-7-17(24-11-9-19)16-6-3-10-23-16/h1-6,10,17H,7-9,11-12H2. The highest BCUT2D eigenvalue weighted by molar-refractivity contribution is 7.99. The summed E-state index contributed by atoms with van der Waals surface area (Å²) in [4.78, 5) is 1.33. The molecule has 0 amide bonds. The van der Waals surface area contributed by atoms with Crippen LogP contribution in [-0.2, 0) is 15.8 Å². The van der Waals surface area contributed by atoms with Gasteiger partial charge < -0.3 is 4.52 Å². The lowest BCUT2D eigenvalue weighted by Crippen LogP contribution is -2.34. The average Bonchev–Trinajstić information content (AvgIpc) is 3.20. The predicted molar refractivity (Wildman–Crippen MR) is 102 cm³/mol. The van der Waals surface area contributed by atoms with Crippen molar-refractivity contribution in [2.45, 2.75) is 17.4 Å². The van der Waals surface area contributed by atoms with E-state index in [2.05, 4.69) is 22.7 Å². The lowest BCUT2D eigenvalue weighted by Gasteiger charge is -2.19. The lowest BCUT2D eigenvalue weighted by molar-refractivity contribution is 0.422. The number of thioether (sulfide) groups is 1. The Bertz CT molecular complexity index is 951. The van der Waals surface area contributed by atoms with Crippen molar-refractivity contribution in [3.05, 3.63) is 52.3 Å². The number of rotatable bonds is 4. The van der Waals surface area contributed by atoms with Gasteiger partial charge in [-0.05, 0) is 30.0 Å². The number of aromatic nitrogens is 1. The maximum absolute atomic E-state index is 12.9. The third kappa shape index (κ3) is 3.62. The average molecular weight is 395 g/mol. The Balaban J connectivity index is 1.50. The van der Waals surface area contributed by atoms with Gasteiger partial charge in [-0.15, -0.1) is 11.3 Å². The van der Waals surface area contributed by atoms with E-state index in [1.807, 2.05) is 30.0 Å². The number of thiophene rings is 1. The molecule has 5 nitrogen and oxygen atoms in total. The summed E-state index contributed by atoms with van der Waals surface area (Å²) in [5.41, 5.74) is 1.11. The quantitative estimate of drug-likeness (QED) is 0.671. The van der Waals surface area contributed by atoms with Crippen LogP contribution in [0.1, 0.15) is 22.2 Å². The molecule has 0 N–H and O–H groups in total. The van der Waals surface area contributed by atoms with E-state index in [-0.39, 0.29) is 5.75 Å². The van der Waals surface area contributed by atoms with Gasteiger partial charge in [0.15, 0.2) is 5.58 Å². The van der Waals surface area contributed by atoms with Crippen molar-refractivity contribution in [2.24, 2.45) is 0 Å². The zero-order valence-corrected chi connectivity index (χ0v) is 15.9. The summed E-state index contributed by atoms with van der Waals surface area (Å²) < 4.78 is 32.6. The molecule has 1 aliphatic rings. The lowest BCUT2D eigenvalue weighted by atomic mass is 10.2. The largest absolute Gasteiger partial charge is 0.356 e. The Kier molecular flexibility index (Phi) is 4.86. The van der Waals surface area contributed by atoms with Crippen LogP contribution in [0.15, 0.2) is 46.3 Å². The van der Waals surface area contributed by atoms with Crippen molar-refractivity contribution < 1.29 is 12.9 Å². The first kappa shape index (κ1) is 17.1. The molecule has 3 aromatic rings. The second-order valence-corrected chi connectivity index (χ2v) is 10.2. The zero-order chi connectivity index (χ0) is 17.3. The number of nitrogens with zero attached hydrogens (tertiary/aromatic N) is 2. The van der Waals surface area contributed by atoms with Gasteiger partial charge in [0.1, 0.15) is 11.4 Å². The molecule has 132 valence electrons. The second-order valence-electron chi connectivity index (χ2n) is 5.94. The molecule has 4 rings (SSSR count). The topological polar surface area (TPSA) is 63.4 Å². The molecule has 1 unspecified atom stereocenters. The highest BCUT2D eigenvalue weighted by atomic mass is 32.2. The summed E-state index contributed by atoms with van der Waals surface area (Å²) in [5.74, 6) is 0.694. The molecular formula is C17H18N2O3S3. The van der Waals surface area contributed by atoms with E-state index >= 15 is 0 Å². The maximum atomic E-state index is 12.9. The molecule has 0 radical (unpaired) electrons. The van der Waals surface area contributed by atoms with Crippen molar-refractivity contribution in [1.82, 2.24) is 9.46 Å². The van der Waals surface area contributed by atoms with Crippen LogP contribution in [0.3, 0.4) is 0 Å². The van der Waals surface area contributed by atoms with Gasteiger partial charge in [-0.1, -0.05) is 23.4 Å². The minimum absolute atomic E-state index is 0.113. The normalized spacial score (nSPS) is 19.9. The van der Waals surface area contributed by atoms with Crippen LogP contribution in [0.25, 0.3) is 11.0 Å². The number of hydrogen-bond acceptors (Lipinski definition) is 6. The van der Waals surface area contributed by atoms with Crippen molar-refractivity contribution >= 4 is 44.1 Å². The van der Waals surface area contributed by atoms with Crippen molar-refractivity contribution in [2.75, 3.05) is 18.8 Å². The van der Waals surface area contributed by atoms with Gasteiger partial charge >= 0.3 is 0 Å². The summed E-state index contributed by atoms with van der Waals surface area (Å²) >= 11 is 3.58. The van der Waals surface area contributed by atoms with Gasteiger partial charge in [0.2, 0.25) is 10.0 Å². The molecule has 1 aliphatic heterocycles. The molecule has 0 saturated carbocycles. The molecule has 1 aromatic carbocycles. The van der Waals surface area contributed by atoms with Crippen LogP contribution in [0.5, 0.6) is 0 Å². The molecule has 0 aliphatic carbocycles. The molecule has 2 aromatic heterocycles. The second kappa shape index (κ2) is 7.11. The van der Waals surface area contributed by atoms with E-state index in [4.69, 9.17) is 4.52 Å². The van der Waals surface area contributed by atoms with E-state index in [0.717, 1.165) is 17.6 Å². The summed E-state index contributed by atoms with van der Waals surface area (Å²) in [5, 5.41) is 7.20. The minimum atomic E-state index is -3.41. The van der Waals surface area contributed by atoms with Gasteiger partial charge in [-0.3, -0.25) is 0 Å². The van der Waals surface area contributed by atoms with E-state index in [1.54, 1.807) is 21.7 Å². The molecule has 1 saturated heterocycles. The van der Waals surface area contributed by atoms with E-state index in [9.17, 15) is 8.42 Å². The molecule has 8 heteroatoms. The van der Waals surface area contributed by atoms with Gasteiger partial charge in [0.05, 0.1) is 0 Å². The minimum Gasteiger partial charge on any atom is -0.356 e. The third-order valence-corrected chi connectivity index (χ3v) is 8.56. The monoisotopic (exact) mass is 394 g/mol. The molecule has 3 heterocycles. The Hall–Kier alpha value is -1.35. The molecule has 1 fully saturated rings. The van der Waals surface area contributed by atoms with E-state index in [0.29, 0.717) is 29.6 Å². The third-order valence-electron chi connectivity index (χ3n) is 4.33. The van der Waals surface area contributed by atoms with Crippen LogP contribution >= 0.6 is 23.1 Å². The molecule has 0 bridgehead atoms. The zero-order valence-electron chi connectivity index (χ0n) is 13.5.